The first-order valence-electron chi connectivity index (χ1n) is 3.33. The first kappa shape index (κ1) is 8.96. The molecular weight excluding hydrogens is 120 g/mol. The van der Waals surface area contributed by atoms with Gasteiger partial charge in [0.1, 0.15) is 0 Å². The maximum absolute atomic E-state index is 3.86. The Morgan fingerprint density at radius 2 is 2.00 bits per heavy atom. The second kappa shape index (κ2) is 4.80. The van der Waals surface area contributed by atoms with Crippen LogP contribution in [0.1, 0.15) is 13.8 Å². The van der Waals surface area contributed by atoms with Gasteiger partial charge < -0.3 is 0 Å². The van der Waals surface area contributed by atoms with Crippen molar-refractivity contribution in [2.75, 3.05) is 0 Å². The lowest BCUT2D eigenvalue weighted by molar-refractivity contribution is 1.41. The van der Waals surface area contributed by atoms with Crippen molar-refractivity contribution in [3.63, 3.8) is 0 Å². The van der Waals surface area contributed by atoms with E-state index >= 15 is 0 Å². The predicted octanol–water partition coefficient (Wildman–Crippen LogP) is 3.25. The molecular formula is C10H14. The molecule has 0 unspecified atom stereocenters. The van der Waals surface area contributed by atoms with Gasteiger partial charge in [-0.1, -0.05) is 37.5 Å². The lowest BCUT2D eigenvalue weighted by Crippen LogP contribution is -1.75. The van der Waals surface area contributed by atoms with E-state index < -0.39 is 0 Å². The van der Waals surface area contributed by atoms with E-state index in [1.165, 1.54) is 5.57 Å². The van der Waals surface area contributed by atoms with E-state index in [-0.39, 0.29) is 0 Å². The smallest absolute Gasteiger partial charge is 0.0303 e. The van der Waals surface area contributed by atoms with Crippen LogP contribution in [0.15, 0.2) is 48.6 Å². The lowest BCUT2D eigenvalue weighted by Gasteiger charge is -1.95. The Labute approximate surface area is 63.3 Å². The fourth-order valence-electron chi connectivity index (χ4n) is 0.501. The van der Waals surface area contributed by atoms with Gasteiger partial charge in [0.05, 0.1) is 0 Å². The summed E-state index contributed by atoms with van der Waals surface area (Å²) in [5, 5.41) is 0. The zero-order chi connectivity index (χ0) is 7.98. The molecule has 0 rings (SSSR count). The van der Waals surface area contributed by atoms with Crippen LogP contribution in [0.5, 0.6) is 0 Å². The van der Waals surface area contributed by atoms with Crippen LogP contribution in [0.4, 0.5) is 0 Å². The molecule has 0 amide bonds. The Balaban J connectivity index is 4.10. The maximum atomic E-state index is 3.86. The second-order valence-corrected chi connectivity index (χ2v) is 2.09. The molecule has 0 aliphatic carbocycles. The standard InChI is InChI=1S/C10H14/c1-5-7-8-10(4)9(3)6-2/h5-8H,1,4H2,2-3H3. The molecule has 0 nitrogen and oxygen atoms in total. The summed E-state index contributed by atoms with van der Waals surface area (Å²) < 4.78 is 0. The van der Waals surface area contributed by atoms with E-state index in [9.17, 15) is 0 Å². The largest absolute Gasteiger partial charge is 0.0991 e. The molecule has 0 heterocycles. The van der Waals surface area contributed by atoms with Gasteiger partial charge in [-0.25, -0.2) is 0 Å². The normalized spacial score (nSPS) is 12.0. The predicted molar refractivity (Wildman–Crippen MR) is 47.9 cm³/mol. The lowest BCUT2D eigenvalue weighted by atomic mass is 10.1. The molecule has 0 aromatic carbocycles. The average molecular weight is 134 g/mol. The zero-order valence-corrected chi connectivity index (χ0v) is 6.72. The number of allylic oxidation sites excluding steroid dienone is 6. The van der Waals surface area contributed by atoms with E-state index in [0.29, 0.717) is 0 Å². The van der Waals surface area contributed by atoms with Crippen molar-refractivity contribution in [1.29, 1.82) is 0 Å². The molecule has 0 aliphatic rings. The fraction of sp³-hybridized carbons (Fsp3) is 0.200. The summed E-state index contributed by atoms with van der Waals surface area (Å²) >= 11 is 0. The third-order valence-electron chi connectivity index (χ3n) is 1.37. The fourth-order valence-corrected chi connectivity index (χ4v) is 0.501. The van der Waals surface area contributed by atoms with Crippen molar-refractivity contribution in [3.05, 3.63) is 48.6 Å². The number of hydrogen-bond donors (Lipinski definition) is 0. The molecule has 54 valence electrons. The van der Waals surface area contributed by atoms with Crippen molar-refractivity contribution < 1.29 is 0 Å². The highest BCUT2D eigenvalue weighted by atomic mass is 13.9. The Morgan fingerprint density at radius 1 is 1.40 bits per heavy atom. The third-order valence-corrected chi connectivity index (χ3v) is 1.37. The van der Waals surface area contributed by atoms with E-state index in [1.807, 2.05) is 32.1 Å². The molecule has 0 heteroatoms. The highest BCUT2D eigenvalue weighted by molar-refractivity contribution is 5.36. The minimum absolute atomic E-state index is 1.04. The topological polar surface area (TPSA) is 0 Å². The minimum atomic E-state index is 1.04. The molecule has 0 aromatic rings. The van der Waals surface area contributed by atoms with E-state index in [0.717, 1.165) is 5.57 Å². The van der Waals surface area contributed by atoms with Gasteiger partial charge in [0, 0.05) is 0 Å². The van der Waals surface area contributed by atoms with Gasteiger partial charge >= 0.3 is 0 Å². The summed E-state index contributed by atoms with van der Waals surface area (Å²) in [7, 11) is 0. The highest BCUT2D eigenvalue weighted by Crippen LogP contribution is 2.06. The second-order valence-electron chi connectivity index (χ2n) is 2.09. The van der Waals surface area contributed by atoms with Crippen LogP contribution in [-0.4, -0.2) is 0 Å². The zero-order valence-electron chi connectivity index (χ0n) is 6.72. The van der Waals surface area contributed by atoms with Crippen LogP contribution in [0.2, 0.25) is 0 Å². The Hall–Kier alpha value is -1.04. The van der Waals surface area contributed by atoms with E-state index in [1.54, 1.807) is 6.08 Å². The van der Waals surface area contributed by atoms with Gasteiger partial charge in [-0.2, -0.15) is 0 Å². The third kappa shape index (κ3) is 3.08. The monoisotopic (exact) mass is 134 g/mol. The highest BCUT2D eigenvalue weighted by Gasteiger charge is 1.86. The van der Waals surface area contributed by atoms with Crippen molar-refractivity contribution in [2.45, 2.75) is 13.8 Å². The summed E-state index contributed by atoms with van der Waals surface area (Å²) in [4.78, 5) is 0. The quantitative estimate of drug-likeness (QED) is 0.520. The minimum Gasteiger partial charge on any atom is -0.0991 e. The van der Waals surface area contributed by atoms with Crippen molar-refractivity contribution in [2.24, 2.45) is 0 Å². The summed E-state index contributed by atoms with van der Waals surface area (Å²) in [5.74, 6) is 0. The molecule has 0 spiro atoms. The van der Waals surface area contributed by atoms with Crippen molar-refractivity contribution >= 4 is 0 Å². The molecule has 0 bridgehead atoms. The van der Waals surface area contributed by atoms with Gasteiger partial charge in [-0.3, -0.25) is 0 Å². The molecule has 10 heavy (non-hydrogen) atoms. The van der Waals surface area contributed by atoms with Gasteiger partial charge in [0.25, 0.3) is 0 Å². The SMILES string of the molecule is C=CC=CC(=C)C(C)=CC. The number of rotatable bonds is 3. The summed E-state index contributed by atoms with van der Waals surface area (Å²) in [6.45, 7) is 11.5. The Morgan fingerprint density at radius 3 is 2.40 bits per heavy atom. The molecule has 0 fully saturated rings. The first-order valence-corrected chi connectivity index (χ1v) is 3.33. The van der Waals surface area contributed by atoms with Gasteiger partial charge in [0.15, 0.2) is 0 Å². The molecule has 0 saturated carbocycles. The van der Waals surface area contributed by atoms with E-state index in [2.05, 4.69) is 13.2 Å². The van der Waals surface area contributed by atoms with Gasteiger partial charge in [-0.05, 0) is 25.0 Å². The molecule has 0 N–H and O–H groups in total. The average Bonchev–Trinajstić information content (AvgIpc) is 1.98. The van der Waals surface area contributed by atoms with Crippen LogP contribution in [0.3, 0.4) is 0 Å². The molecule has 0 aromatic heterocycles. The van der Waals surface area contributed by atoms with Crippen molar-refractivity contribution in [1.82, 2.24) is 0 Å². The van der Waals surface area contributed by atoms with Crippen LogP contribution >= 0.6 is 0 Å². The molecule has 0 aliphatic heterocycles. The summed E-state index contributed by atoms with van der Waals surface area (Å²) in [5.41, 5.74) is 2.25. The molecule has 0 saturated heterocycles. The van der Waals surface area contributed by atoms with Crippen LogP contribution in [0, 0.1) is 0 Å². The van der Waals surface area contributed by atoms with Crippen LogP contribution in [0.25, 0.3) is 0 Å². The van der Waals surface area contributed by atoms with Gasteiger partial charge in [0.2, 0.25) is 0 Å². The first-order chi connectivity index (χ1) is 4.72. The van der Waals surface area contributed by atoms with Crippen LogP contribution < -0.4 is 0 Å². The Bertz CT molecular complexity index is 180. The van der Waals surface area contributed by atoms with Crippen LogP contribution in [-0.2, 0) is 0 Å². The van der Waals surface area contributed by atoms with E-state index in [4.69, 9.17) is 0 Å². The molecule has 0 atom stereocenters. The van der Waals surface area contributed by atoms with Crippen molar-refractivity contribution in [3.8, 4) is 0 Å². The summed E-state index contributed by atoms with van der Waals surface area (Å²) in [6.07, 6.45) is 7.61. The number of hydrogen-bond acceptors (Lipinski definition) is 0. The Kier molecular flexibility index (Phi) is 4.30. The van der Waals surface area contributed by atoms with Gasteiger partial charge in [-0.15, -0.1) is 0 Å². The molecule has 0 radical (unpaired) electrons. The summed E-state index contributed by atoms with van der Waals surface area (Å²) in [6, 6.07) is 0. The maximum Gasteiger partial charge on any atom is -0.0303 e.